The van der Waals surface area contributed by atoms with Crippen molar-refractivity contribution >= 4 is 23.4 Å². The van der Waals surface area contributed by atoms with Crippen LogP contribution in [0.5, 0.6) is 0 Å². The predicted octanol–water partition coefficient (Wildman–Crippen LogP) is 3.58. The first kappa shape index (κ1) is 45.9. The number of aliphatic hydroxyl groups is 5. The highest BCUT2D eigenvalue weighted by Gasteiger charge is 2.52. The van der Waals surface area contributed by atoms with Crippen LogP contribution in [0.25, 0.3) is 0 Å². The molecule has 1 aliphatic carbocycles. The molecule has 3 fully saturated rings. The van der Waals surface area contributed by atoms with Crippen molar-refractivity contribution in [2.75, 3.05) is 26.9 Å². The molecule has 0 aromatic heterocycles. The minimum Gasteiger partial charge on any atom is -0.456 e. The van der Waals surface area contributed by atoms with E-state index in [1.807, 2.05) is 26.0 Å². The molecular weight excluding hydrogens is 722 g/mol. The van der Waals surface area contributed by atoms with Gasteiger partial charge in [0.2, 0.25) is 5.79 Å². The van der Waals surface area contributed by atoms with E-state index in [2.05, 4.69) is 6.58 Å². The van der Waals surface area contributed by atoms with Gasteiger partial charge in [-0.15, -0.1) is 6.58 Å². The van der Waals surface area contributed by atoms with Gasteiger partial charge in [-0.25, -0.2) is 4.79 Å². The van der Waals surface area contributed by atoms with E-state index < -0.39 is 77.8 Å². The Morgan fingerprint density at radius 3 is 2.38 bits per heavy atom. The van der Waals surface area contributed by atoms with Crippen molar-refractivity contribution < 1.29 is 58.9 Å². The number of esters is 1. The number of carbonyl (C=O) groups excluding carboxylic acids is 4. The van der Waals surface area contributed by atoms with Crippen molar-refractivity contribution in [3.63, 3.8) is 0 Å². The zero-order chi connectivity index (χ0) is 41.3. The first-order valence-corrected chi connectivity index (χ1v) is 20.6. The van der Waals surface area contributed by atoms with Crippen molar-refractivity contribution in [2.45, 2.75) is 147 Å². The Morgan fingerprint density at radius 1 is 1.00 bits per heavy atom. The van der Waals surface area contributed by atoms with E-state index in [1.54, 1.807) is 19.9 Å². The average molecular weight is 790 g/mol. The number of Topliss-reactive ketones (excluding diaryl/α,β-unsaturated/α-hetero) is 2. The average Bonchev–Trinajstić information content (AvgIpc) is 3.18. The topological polar surface area (TPSA) is 200 Å². The Hall–Kier alpha value is -2.78. The predicted molar refractivity (Wildman–Crippen MR) is 208 cm³/mol. The second-order valence-electron chi connectivity index (χ2n) is 17.1. The summed E-state index contributed by atoms with van der Waals surface area (Å²) in [5.41, 5.74) is 1.55. The number of rotatable bonds is 7. The summed E-state index contributed by atoms with van der Waals surface area (Å²) in [6.45, 7) is 10.9. The maximum atomic E-state index is 14.2. The number of methoxy groups -OCH3 is 1. The van der Waals surface area contributed by atoms with Crippen LogP contribution in [0.15, 0.2) is 36.0 Å². The molecule has 2 saturated heterocycles. The van der Waals surface area contributed by atoms with Crippen LogP contribution in [0.4, 0.5) is 0 Å². The summed E-state index contributed by atoms with van der Waals surface area (Å²) in [5, 5.41) is 53.9. The van der Waals surface area contributed by atoms with E-state index in [1.165, 1.54) is 7.11 Å². The summed E-state index contributed by atoms with van der Waals surface area (Å²) in [5.74, 6) is -7.93. The summed E-state index contributed by atoms with van der Waals surface area (Å²) >= 11 is 0. The third-order valence-corrected chi connectivity index (χ3v) is 12.7. The number of hydrogen-bond acceptors (Lipinski definition) is 12. The third kappa shape index (κ3) is 11.2. The van der Waals surface area contributed by atoms with E-state index in [4.69, 9.17) is 14.2 Å². The first-order chi connectivity index (χ1) is 26.6. The monoisotopic (exact) mass is 789 g/mol. The van der Waals surface area contributed by atoms with Crippen LogP contribution in [-0.4, -0.2) is 123 Å². The molecule has 2 bridgehead atoms. The number of cyclic esters (lactones) is 1. The quantitative estimate of drug-likeness (QED) is 0.143. The van der Waals surface area contributed by atoms with E-state index in [0.29, 0.717) is 56.9 Å². The molecule has 0 spiro atoms. The Kier molecular flexibility index (Phi) is 17.0. The summed E-state index contributed by atoms with van der Waals surface area (Å²) in [4.78, 5) is 57.2. The molecule has 4 rings (SSSR count). The maximum Gasteiger partial charge on any atom is 0.329 e. The molecule has 1 saturated carbocycles. The van der Waals surface area contributed by atoms with Crippen LogP contribution in [0.2, 0.25) is 0 Å². The normalized spacial score (nSPS) is 40.1. The zero-order valence-electron chi connectivity index (χ0n) is 34.0. The van der Waals surface area contributed by atoms with Gasteiger partial charge < -0.3 is 44.6 Å². The zero-order valence-corrected chi connectivity index (χ0v) is 34.0. The second-order valence-corrected chi connectivity index (χ2v) is 17.1. The number of ether oxygens (including phenoxy) is 3. The minimum atomic E-state index is -2.51. The molecule has 13 atom stereocenters. The van der Waals surface area contributed by atoms with Crippen molar-refractivity contribution in [1.82, 2.24) is 4.90 Å². The maximum absolute atomic E-state index is 14.2. The highest BCUT2D eigenvalue weighted by atomic mass is 16.6. The van der Waals surface area contributed by atoms with Crippen molar-refractivity contribution in [2.24, 2.45) is 35.5 Å². The lowest BCUT2D eigenvalue weighted by Crippen LogP contribution is -2.60. The molecule has 4 aliphatic rings. The minimum absolute atomic E-state index is 0.0152. The molecule has 56 heavy (non-hydrogen) atoms. The smallest absolute Gasteiger partial charge is 0.329 e. The molecular formula is C43H67NO12. The molecule has 13 nitrogen and oxygen atoms in total. The number of ketones is 2. The molecule has 13 heteroatoms. The largest absolute Gasteiger partial charge is 0.456 e. The van der Waals surface area contributed by atoms with Crippen LogP contribution in [0.1, 0.15) is 105 Å². The Balaban J connectivity index is 1.76. The molecule has 0 aromatic carbocycles. The molecule has 2 unspecified atom stereocenters. The van der Waals surface area contributed by atoms with Crippen molar-refractivity contribution in [1.29, 1.82) is 0 Å². The van der Waals surface area contributed by atoms with E-state index in [9.17, 15) is 44.7 Å². The Morgan fingerprint density at radius 2 is 1.71 bits per heavy atom. The van der Waals surface area contributed by atoms with Crippen molar-refractivity contribution in [3.8, 4) is 0 Å². The van der Waals surface area contributed by atoms with Gasteiger partial charge in [-0.05, 0) is 95.5 Å². The fourth-order valence-electron chi connectivity index (χ4n) is 9.32. The summed E-state index contributed by atoms with van der Waals surface area (Å²) in [7, 11) is 1.49. The highest BCUT2D eigenvalue weighted by Crippen LogP contribution is 2.38. The lowest BCUT2D eigenvalue weighted by molar-refractivity contribution is -0.274. The number of fused-ring (bicyclic) bond motifs is 3. The van der Waals surface area contributed by atoms with Gasteiger partial charge in [0.05, 0.1) is 24.4 Å². The summed E-state index contributed by atoms with van der Waals surface area (Å²) in [6, 6.07) is -1.16. The SMILES string of the molecule is C=CC[C@@H]1/C=C(\C)C[C@H](C)C[C@H](OC)C2O[C@](O)(CC[C@@H]2CO)C(=O)C(=O)N2CCCCC2C(=O)O[C@H](/C(C)=C/[C@@H]2CC[C@@H](O)[C@H](CO)C2)[C@H](C)[C@@H](O)CC1=O. The molecule has 316 valence electrons. The number of allylic oxidation sites excluding steroid dienone is 4. The number of hydrogen-bond donors (Lipinski definition) is 5. The molecule has 0 radical (unpaired) electrons. The standard InChI is InChI=1S/C43H67NO12/c1-7-10-30-18-25(2)17-26(3)19-37(54-6)39-31(23-45)14-15-43(53,56-39)40(50)41(51)44-16-9-8-11-33(44)42(52)55-38(28(5)35(48)22-36(30)49)27(4)20-29-12-13-34(47)32(21-29)24-46/h7,18,20,26,28-35,37-39,45-48,53H,1,8-17,19,21-24H2,2-6H3/b25-18+,27-20+/t26-,28+,29-,30+,31+,32-,33?,34+,35-,37-,38+,39?,43+/m0/s1. The van der Waals surface area contributed by atoms with Gasteiger partial charge in [-0.2, -0.15) is 0 Å². The van der Waals surface area contributed by atoms with Gasteiger partial charge in [-0.3, -0.25) is 14.4 Å². The number of carbonyl (C=O) groups is 4. The molecule has 3 aliphatic heterocycles. The molecule has 0 aromatic rings. The van der Waals surface area contributed by atoms with E-state index in [-0.39, 0.29) is 69.0 Å². The van der Waals surface area contributed by atoms with Crippen LogP contribution in [0, 0.1) is 35.5 Å². The lowest BCUT2D eigenvalue weighted by Gasteiger charge is -2.44. The van der Waals surface area contributed by atoms with Crippen LogP contribution >= 0.6 is 0 Å². The third-order valence-electron chi connectivity index (χ3n) is 12.7. The van der Waals surface area contributed by atoms with E-state index in [0.717, 1.165) is 10.5 Å². The van der Waals surface area contributed by atoms with Gasteiger partial charge in [0.1, 0.15) is 17.9 Å². The number of nitrogens with zero attached hydrogens (tertiary/aromatic N) is 1. The van der Waals surface area contributed by atoms with Gasteiger partial charge >= 0.3 is 5.97 Å². The van der Waals surface area contributed by atoms with Gasteiger partial charge in [-0.1, -0.05) is 37.6 Å². The van der Waals surface area contributed by atoms with Crippen LogP contribution < -0.4 is 0 Å². The number of piperidine rings is 1. The van der Waals surface area contributed by atoms with Gasteiger partial charge in [0.25, 0.3) is 11.7 Å². The second kappa shape index (κ2) is 20.8. The Bertz CT molecular complexity index is 1450. The first-order valence-electron chi connectivity index (χ1n) is 20.6. The summed E-state index contributed by atoms with van der Waals surface area (Å²) in [6.07, 6.45) is 5.12. The van der Waals surface area contributed by atoms with Crippen molar-refractivity contribution in [3.05, 3.63) is 36.0 Å². The fraction of sp³-hybridized carbons (Fsp3) is 0.767. The van der Waals surface area contributed by atoms with E-state index >= 15 is 0 Å². The van der Waals surface area contributed by atoms with Gasteiger partial charge in [0, 0.05) is 63.4 Å². The summed E-state index contributed by atoms with van der Waals surface area (Å²) < 4.78 is 18.2. The molecule has 1 amide bonds. The highest BCUT2D eigenvalue weighted by molar-refractivity contribution is 6.39. The van der Waals surface area contributed by atoms with Crippen LogP contribution in [0.3, 0.4) is 0 Å². The fourth-order valence-corrected chi connectivity index (χ4v) is 9.32. The molecule has 5 N–H and O–H groups in total. The number of aliphatic hydroxyl groups excluding tert-OH is 4. The molecule has 3 heterocycles. The number of amides is 1. The lowest BCUT2D eigenvalue weighted by atomic mass is 9.78. The van der Waals surface area contributed by atoms with Crippen LogP contribution in [-0.2, 0) is 33.4 Å². The Labute approximate surface area is 332 Å². The van der Waals surface area contributed by atoms with Gasteiger partial charge in [0.15, 0.2) is 0 Å².